The largest absolute Gasteiger partial charge is 0.355 e. The number of methoxy groups -OCH3 is 1. The van der Waals surface area contributed by atoms with Crippen molar-refractivity contribution in [3.8, 4) is 0 Å². The second-order valence-electron chi connectivity index (χ2n) is 2.78. The molecule has 1 aliphatic heterocycles. The van der Waals surface area contributed by atoms with E-state index in [9.17, 15) is 0 Å². The van der Waals surface area contributed by atoms with Crippen molar-refractivity contribution >= 4 is 0 Å². The van der Waals surface area contributed by atoms with Crippen molar-refractivity contribution in [2.24, 2.45) is 0 Å². The number of hydrogen-bond donors (Lipinski definition) is 0. The smallest absolute Gasteiger partial charge is 0.165 e. The average Bonchev–Trinajstić information content (AvgIpc) is 2.17. The molecular weight excluding hydrogens is 152 g/mol. The van der Waals surface area contributed by atoms with Gasteiger partial charge in [-0.2, -0.15) is 0 Å². The van der Waals surface area contributed by atoms with Crippen LogP contribution in [0.25, 0.3) is 0 Å². The van der Waals surface area contributed by atoms with Gasteiger partial charge in [0, 0.05) is 13.5 Å². The predicted molar refractivity (Wildman–Crippen MR) is 45.4 cm³/mol. The van der Waals surface area contributed by atoms with E-state index < -0.39 is 0 Å². The van der Waals surface area contributed by atoms with E-state index >= 15 is 0 Å². The molecule has 0 fully saturated rings. The third kappa shape index (κ3) is 1.36. The first kappa shape index (κ1) is 7.77. The minimum atomic E-state index is -0.181. The number of fused-ring (bicyclic) bond motifs is 1. The van der Waals surface area contributed by atoms with E-state index in [2.05, 4.69) is 12.1 Å². The Bertz CT molecular complexity index is 270. The molecule has 0 saturated carbocycles. The molecular formula is C10H11O2. The minimum Gasteiger partial charge on any atom is -0.355 e. The molecule has 2 nitrogen and oxygen atoms in total. The molecule has 0 aliphatic carbocycles. The van der Waals surface area contributed by atoms with Crippen LogP contribution in [0.5, 0.6) is 0 Å². The maximum absolute atomic E-state index is 5.38. The van der Waals surface area contributed by atoms with Crippen LogP contribution in [0.15, 0.2) is 24.3 Å². The molecule has 1 heterocycles. The SMILES string of the molecule is CO[C@H]1[CH]c2ccccc2CO1. The van der Waals surface area contributed by atoms with Gasteiger partial charge < -0.3 is 9.47 Å². The number of ether oxygens (including phenoxy) is 2. The first-order valence-corrected chi connectivity index (χ1v) is 3.97. The first-order valence-electron chi connectivity index (χ1n) is 3.97. The summed E-state index contributed by atoms with van der Waals surface area (Å²) in [4.78, 5) is 0. The highest BCUT2D eigenvalue weighted by atomic mass is 16.7. The summed E-state index contributed by atoms with van der Waals surface area (Å²) in [5.41, 5.74) is 2.45. The van der Waals surface area contributed by atoms with Crippen molar-refractivity contribution in [2.45, 2.75) is 12.9 Å². The van der Waals surface area contributed by atoms with E-state index in [-0.39, 0.29) is 6.29 Å². The van der Waals surface area contributed by atoms with Gasteiger partial charge in [0.15, 0.2) is 6.29 Å². The fourth-order valence-electron chi connectivity index (χ4n) is 1.33. The Kier molecular flexibility index (Phi) is 2.11. The van der Waals surface area contributed by atoms with Gasteiger partial charge >= 0.3 is 0 Å². The number of benzene rings is 1. The Hall–Kier alpha value is -0.860. The molecule has 0 spiro atoms. The monoisotopic (exact) mass is 163 g/mol. The van der Waals surface area contributed by atoms with Crippen molar-refractivity contribution in [1.82, 2.24) is 0 Å². The van der Waals surface area contributed by atoms with Crippen molar-refractivity contribution in [1.29, 1.82) is 0 Å². The van der Waals surface area contributed by atoms with Crippen LogP contribution in [0.1, 0.15) is 11.1 Å². The van der Waals surface area contributed by atoms with Gasteiger partial charge in [-0.25, -0.2) is 0 Å². The molecule has 1 aliphatic rings. The maximum atomic E-state index is 5.38. The average molecular weight is 163 g/mol. The lowest BCUT2D eigenvalue weighted by molar-refractivity contribution is -0.113. The van der Waals surface area contributed by atoms with Gasteiger partial charge in [-0.1, -0.05) is 24.3 Å². The highest BCUT2D eigenvalue weighted by Gasteiger charge is 2.17. The molecule has 2 heteroatoms. The van der Waals surface area contributed by atoms with Crippen LogP contribution in [-0.4, -0.2) is 13.4 Å². The molecule has 1 atom stereocenters. The Morgan fingerprint density at radius 3 is 3.08 bits per heavy atom. The molecule has 2 rings (SSSR count). The Morgan fingerprint density at radius 2 is 2.25 bits per heavy atom. The molecule has 1 aromatic carbocycles. The molecule has 0 unspecified atom stereocenters. The molecule has 0 aromatic heterocycles. The summed E-state index contributed by atoms with van der Waals surface area (Å²) in [6.07, 6.45) is 1.80. The first-order chi connectivity index (χ1) is 5.90. The molecule has 0 amide bonds. The molecule has 12 heavy (non-hydrogen) atoms. The van der Waals surface area contributed by atoms with Gasteiger partial charge in [0.05, 0.1) is 6.61 Å². The van der Waals surface area contributed by atoms with E-state index in [1.165, 1.54) is 11.1 Å². The van der Waals surface area contributed by atoms with Gasteiger partial charge in [-0.15, -0.1) is 0 Å². The van der Waals surface area contributed by atoms with Crippen LogP contribution < -0.4 is 0 Å². The summed E-state index contributed by atoms with van der Waals surface area (Å²) in [6.45, 7) is 0.644. The molecule has 1 aromatic rings. The van der Waals surface area contributed by atoms with Crippen molar-refractivity contribution < 1.29 is 9.47 Å². The van der Waals surface area contributed by atoms with Crippen LogP contribution in [0.3, 0.4) is 0 Å². The minimum absolute atomic E-state index is 0.181. The lowest BCUT2D eigenvalue weighted by Crippen LogP contribution is -2.21. The normalized spacial score (nSPS) is 21.9. The van der Waals surface area contributed by atoms with Crippen LogP contribution in [0.4, 0.5) is 0 Å². The quantitative estimate of drug-likeness (QED) is 0.627. The molecule has 0 bridgehead atoms. The summed E-state index contributed by atoms with van der Waals surface area (Å²) >= 11 is 0. The van der Waals surface area contributed by atoms with Gasteiger partial charge in [-0.05, 0) is 11.1 Å². The van der Waals surface area contributed by atoms with Gasteiger partial charge in [0.2, 0.25) is 0 Å². The lowest BCUT2D eigenvalue weighted by Gasteiger charge is -2.23. The molecule has 0 saturated heterocycles. The Labute approximate surface area is 72.1 Å². The van der Waals surface area contributed by atoms with Crippen molar-refractivity contribution in [3.05, 3.63) is 41.8 Å². The van der Waals surface area contributed by atoms with Gasteiger partial charge in [0.1, 0.15) is 0 Å². The summed E-state index contributed by atoms with van der Waals surface area (Å²) in [5.74, 6) is 0. The van der Waals surface area contributed by atoms with Crippen LogP contribution >= 0.6 is 0 Å². The standard InChI is InChI=1S/C10H11O2/c1-11-10-6-8-4-2-3-5-9(8)7-12-10/h2-6,10H,7H2,1H3/t10-/m1/s1. The Morgan fingerprint density at radius 1 is 1.42 bits per heavy atom. The Balaban J connectivity index is 2.23. The highest BCUT2D eigenvalue weighted by molar-refractivity contribution is 5.34. The molecule has 63 valence electrons. The van der Waals surface area contributed by atoms with Crippen LogP contribution in [0, 0.1) is 6.42 Å². The van der Waals surface area contributed by atoms with Crippen LogP contribution in [-0.2, 0) is 16.1 Å². The summed E-state index contributed by atoms with van der Waals surface area (Å²) < 4.78 is 10.4. The van der Waals surface area contributed by atoms with Gasteiger partial charge in [0.25, 0.3) is 0 Å². The zero-order valence-corrected chi connectivity index (χ0v) is 6.99. The summed E-state index contributed by atoms with van der Waals surface area (Å²) in [7, 11) is 1.65. The summed E-state index contributed by atoms with van der Waals surface area (Å²) in [5, 5.41) is 0. The zero-order chi connectivity index (χ0) is 8.39. The third-order valence-electron chi connectivity index (χ3n) is 2.01. The van der Waals surface area contributed by atoms with E-state index in [1.54, 1.807) is 7.11 Å². The fourth-order valence-corrected chi connectivity index (χ4v) is 1.33. The predicted octanol–water partition coefficient (Wildman–Crippen LogP) is 1.74. The van der Waals surface area contributed by atoms with Crippen LogP contribution in [0.2, 0.25) is 0 Å². The van der Waals surface area contributed by atoms with Crippen molar-refractivity contribution in [3.63, 3.8) is 0 Å². The highest BCUT2D eigenvalue weighted by Crippen LogP contribution is 2.21. The molecule has 1 radical (unpaired) electrons. The molecule has 0 N–H and O–H groups in total. The number of rotatable bonds is 1. The van der Waals surface area contributed by atoms with Crippen molar-refractivity contribution in [2.75, 3.05) is 7.11 Å². The second-order valence-corrected chi connectivity index (χ2v) is 2.78. The van der Waals surface area contributed by atoms with E-state index in [4.69, 9.17) is 9.47 Å². The third-order valence-corrected chi connectivity index (χ3v) is 2.01. The summed E-state index contributed by atoms with van der Waals surface area (Å²) in [6, 6.07) is 8.18. The van der Waals surface area contributed by atoms with E-state index in [0.29, 0.717) is 6.61 Å². The van der Waals surface area contributed by atoms with Gasteiger partial charge in [-0.3, -0.25) is 0 Å². The number of hydrogen-bond acceptors (Lipinski definition) is 2. The fraction of sp³-hybridized carbons (Fsp3) is 0.300. The lowest BCUT2D eigenvalue weighted by atomic mass is 10.0. The van der Waals surface area contributed by atoms with E-state index in [0.717, 1.165) is 0 Å². The topological polar surface area (TPSA) is 18.5 Å². The zero-order valence-electron chi connectivity index (χ0n) is 6.99. The van der Waals surface area contributed by atoms with E-state index in [1.807, 2.05) is 18.6 Å². The maximum Gasteiger partial charge on any atom is 0.165 e. The second kappa shape index (κ2) is 3.25.